The molecule has 1 aliphatic rings. The average Bonchev–Trinajstić information content (AvgIpc) is 2.54. The molecule has 1 N–H and O–H groups in total. The van der Waals surface area contributed by atoms with Gasteiger partial charge in [0.1, 0.15) is 0 Å². The second-order valence-corrected chi connectivity index (χ2v) is 7.41. The van der Waals surface area contributed by atoms with E-state index >= 15 is 0 Å². The van der Waals surface area contributed by atoms with Crippen LogP contribution in [0.15, 0.2) is 29.2 Å². The number of thioether (sulfide) groups is 1. The van der Waals surface area contributed by atoms with Gasteiger partial charge in [-0.1, -0.05) is 26.0 Å². The Morgan fingerprint density at radius 1 is 1.22 bits per heavy atom. The van der Waals surface area contributed by atoms with Gasteiger partial charge in [0, 0.05) is 31.0 Å². The number of benzene rings is 1. The average molecular weight is 334 g/mol. The molecule has 0 radical (unpaired) electrons. The fraction of sp³-hybridized carbons (Fsp3) is 0.556. The van der Waals surface area contributed by atoms with Gasteiger partial charge in [-0.3, -0.25) is 9.59 Å². The van der Waals surface area contributed by atoms with Crippen LogP contribution in [-0.2, 0) is 9.59 Å². The number of rotatable bonds is 5. The Labute approximate surface area is 143 Å². The highest BCUT2D eigenvalue weighted by Gasteiger charge is 2.21. The van der Waals surface area contributed by atoms with E-state index in [-0.39, 0.29) is 17.9 Å². The Morgan fingerprint density at radius 3 is 2.35 bits per heavy atom. The fourth-order valence-corrected chi connectivity index (χ4v) is 3.42. The first-order chi connectivity index (χ1) is 11.0. The van der Waals surface area contributed by atoms with Crippen molar-refractivity contribution in [3.63, 3.8) is 0 Å². The maximum Gasteiger partial charge on any atom is 0.230 e. The van der Waals surface area contributed by atoms with Crippen LogP contribution in [-0.4, -0.2) is 41.6 Å². The molecule has 0 unspecified atom stereocenters. The lowest BCUT2D eigenvalue weighted by Gasteiger charge is -2.31. The van der Waals surface area contributed by atoms with Crippen LogP contribution in [0.4, 0.5) is 0 Å². The first-order valence-electron chi connectivity index (χ1n) is 8.23. The van der Waals surface area contributed by atoms with Gasteiger partial charge in [0.2, 0.25) is 11.8 Å². The minimum absolute atomic E-state index is 0.0733. The predicted molar refractivity (Wildman–Crippen MR) is 94.7 cm³/mol. The van der Waals surface area contributed by atoms with Crippen molar-refractivity contribution in [1.29, 1.82) is 0 Å². The zero-order chi connectivity index (χ0) is 16.8. The summed E-state index contributed by atoms with van der Waals surface area (Å²) >= 11 is 1.57. The quantitative estimate of drug-likeness (QED) is 0.842. The minimum Gasteiger partial charge on any atom is -0.353 e. The molecule has 1 heterocycles. The number of carbonyl (C=O) groups is 2. The first-order valence-corrected chi connectivity index (χ1v) is 9.22. The molecule has 5 heteroatoms. The second kappa shape index (κ2) is 8.39. The number of piperidine rings is 1. The lowest BCUT2D eigenvalue weighted by Crippen LogP contribution is -2.46. The van der Waals surface area contributed by atoms with E-state index in [9.17, 15) is 9.59 Å². The van der Waals surface area contributed by atoms with E-state index in [4.69, 9.17) is 0 Å². The Morgan fingerprint density at radius 2 is 1.83 bits per heavy atom. The Bertz CT molecular complexity index is 534. The van der Waals surface area contributed by atoms with Crippen molar-refractivity contribution in [2.24, 2.45) is 0 Å². The fourth-order valence-electron chi connectivity index (χ4n) is 2.71. The number of amides is 2. The van der Waals surface area contributed by atoms with Crippen LogP contribution in [0.3, 0.4) is 0 Å². The minimum atomic E-state index is 0.0733. The van der Waals surface area contributed by atoms with Crippen LogP contribution in [0.2, 0.25) is 0 Å². The van der Waals surface area contributed by atoms with E-state index in [1.165, 1.54) is 5.56 Å². The number of likely N-dealkylation sites (tertiary alicyclic amines) is 1. The summed E-state index contributed by atoms with van der Waals surface area (Å²) in [6, 6.07) is 8.61. The summed E-state index contributed by atoms with van der Waals surface area (Å²) in [4.78, 5) is 26.3. The molecule has 0 spiro atoms. The molecule has 1 aliphatic heterocycles. The largest absolute Gasteiger partial charge is 0.353 e. The van der Waals surface area contributed by atoms with Gasteiger partial charge in [0.15, 0.2) is 0 Å². The molecule has 126 valence electrons. The van der Waals surface area contributed by atoms with Crippen LogP contribution >= 0.6 is 11.8 Å². The summed E-state index contributed by atoms with van der Waals surface area (Å²) in [5.41, 5.74) is 1.32. The Balaban J connectivity index is 1.72. The van der Waals surface area contributed by atoms with Gasteiger partial charge in [0.25, 0.3) is 0 Å². The Kier molecular flexibility index (Phi) is 6.51. The highest BCUT2D eigenvalue weighted by atomic mass is 32.2. The summed E-state index contributed by atoms with van der Waals surface area (Å²) in [6.07, 6.45) is 1.69. The summed E-state index contributed by atoms with van der Waals surface area (Å²) in [6.45, 7) is 7.42. The second-order valence-electron chi connectivity index (χ2n) is 6.36. The van der Waals surface area contributed by atoms with Crippen LogP contribution in [0.25, 0.3) is 0 Å². The van der Waals surface area contributed by atoms with E-state index in [2.05, 4.69) is 43.4 Å². The molecule has 0 aromatic heterocycles. The van der Waals surface area contributed by atoms with E-state index in [0.29, 0.717) is 11.7 Å². The number of nitrogens with one attached hydrogen (secondary N) is 1. The van der Waals surface area contributed by atoms with Gasteiger partial charge >= 0.3 is 0 Å². The summed E-state index contributed by atoms with van der Waals surface area (Å²) in [5.74, 6) is 1.16. The molecule has 0 bridgehead atoms. The Hall–Kier alpha value is -1.49. The van der Waals surface area contributed by atoms with Crippen LogP contribution in [0.5, 0.6) is 0 Å². The van der Waals surface area contributed by atoms with E-state index < -0.39 is 0 Å². The molecule has 1 saturated heterocycles. The summed E-state index contributed by atoms with van der Waals surface area (Å²) in [7, 11) is 0. The zero-order valence-electron chi connectivity index (χ0n) is 14.2. The topological polar surface area (TPSA) is 49.4 Å². The maximum atomic E-state index is 12.1. The normalized spacial score (nSPS) is 15.7. The van der Waals surface area contributed by atoms with E-state index in [0.717, 1.165) is 30.8 Å². The van der Waals surface area contributed by atoms with E-state index in [1.807, 2.05) is 4.90 Å². The highest BCUT2D eigenvalue weighted by Crippen LogP contribution is 2.21. The van der Waals surface area contributed by atoms with Crippen LogP contribution in [0, 0.1) is 0 Å². The van der Waals surface area contributed by atoms with Gasteiger partial charge in [-0.2, -0.15) is 0 Å². The third-order valence-corrected chi connectivity index (χ3v) is 5.23. The third kappa shape index (κ3) is 5.57. The molecule has 0 atom stereocenters. The highest BCUT2D eigenvalue weighted by molar-refractivity contribution is 8.00. The third-order valence-electron chi connectivity index (χ3n) is 4.22. The summed E-state index contributed by atoms with van der Waals surface area (Å²) < 4.78 is 0. The first kappa shape index (κ1) is 17.9. The standard InChI is InChI=1S/C18H26N2O2S/c1-13(2)15-4-6-17(7-5-15)23-12-18(22)19-16-8-10-20(11-9-16)14(3)21/h4-7,13,16H,8-12H2,1-3H3,(H,19,22). The number of carbonyl (C=O) groups excluding carboxylic acids is 2. The maximum absolute atomic E-state index is 12.1. The molecule has 0 saturated carbocycles. The van der Waals surface area contributed by atoms with Gasteiger partial charge in [-0.25, -0.2) is 0 Å². The van der Waals surface area contributed by atoms with Gasteiger partial charge in [-0.15, -0.1) is 11.8 Å². The monoisotopic (exact) mass is 334 g/mol. The molecule has 1 aromatic carbocycles. The van der Waals surface area contributed by atoms with E-state index in [1.54, 1.807) is 18.7 Å². The van der Waals surface area contributed by atoms with Crippen LogP contribution < -0.4 is 5.32 Å². The summed E-state index contributed by atoms with van der Waals surface area (Å²) in [5, 5.41) is 3.08. The van der Waals surface area contributed by atoms with Crippen molar-refractivity contribution in [1.82, 2.24) is 10.2 Å². The molecule has 1 fully saturated rings. The smallest absolute Gasteiger partial charge is 0.230 e. The molecule has 23 heavy (non-hydrogen) atoms. The van der Waals surface area contributed by atoms with Crippen molar-refractivity contribution in [3.05, 3.63) is 29.8 Å². The number of hydrogen-bond acceptors (Lipinski definition) is 3. The van der Waals surface area contributed by atoms with Gasteiger partial charge in [-0.05, 0) is 36.5 Å². The SMILES string of the molecule is CC(=O)N1CCC(NC(=O)CSc2ccc(C(C)C)cc2)CC1. The zero-order valence-corrected chi connectivity index (χ0v) is 15.0. The lowest BCUT2D eigenvalue weighted by molar-refractivity contribution is -0.130. The van der Waals surface area contributed by atoms with Crippen molar-refractivity contribution in [2.75, 3.05) is 18.8 Å². The molecular formula is C18H26N2O2S. The van der Waals surface area contributed by atoms with Crippen LogP contribution in [0.1, 0.15) is 45.1 Å². The molecular weight excluding hydrogens is 308 g/mol. The number of nitrogens with zero attached hydrogens (tertiary/aromatic N) is 1. The predicted octanol–water partition coefficient (Wildman–Crippen LogP) is 3.03. The molecule has 0 aliphatic carbocycles. The molecule has 2 amide bonds. The van der Waals surface area contributed by atoms with Crippen molar-refractivity contribution < 1.29 is 9.59 Å². The van der Waals surface area contributed by atoms with Crippen molar-refractivity contribution in [3.8, 4) is 0 Å². The van der Waals surface area contributed by atoms with Crippen molar-refractivity contribution >= 4 is 23.6 Å². The van der Waals surface area contributed by atoms with Crippen molar-refractivity contribution in [2.45, 2.75) is 50.5 Å². The molecule has 1 aromatic rings. The van der Waals surface area contributed by atoms with Gasteiger partial charge in [0.05, 0.1) is 5.75 Å². The number of hydrogen-bond donors (Lipinski definition) is 1. The molecule has 2 rings (SSSR count). The molecule has 4 nitrogen and oxygen atoms in total. The van der Waals surface area contributed by atoms with Gasteiger partial charge < -0.3 is 10.2 Å². The lowest BCUT2D eigenvalue weighted by atomic mass is 10.0.